The van der Waals surface area contributed by atoms with Gasteiger partial charge in [0.15, 0.2) is 0 Å². The van der Waals surface area contributed by atoms with Crippen LogP contribution in [0.3, 0.4) is 0 Å². The molecule has 0 spiro atoms. The fourth-order valence-corrected chi connectivity index (χ4v) is 6.20. The Kier molecular flexibility index (Phi) is 10.6. The molecule has 0 bridgehead atoms. The van der Waals surface area contributed by atoms with Crippen LogP contribution in [0.25, 0.3) is 0 Å². The summed E-state index contributed by atoms with van der Waals surface area (Å²) in [5, 5.41) is 18.7. The lowest BCUT2D eigenvalue weighted by molar-refractivity contribution is 0.0696. The summed E-state index contributed by atoms with van der Waals surface area (Å²) in [6.07, 6.45) is 0. The van der Waals surface area contributed by atoms with Gasteiger partial charge >= 0.3 is 11.9 Å². The van der Waals surface area contributed by atoms with Crippen molar-refractivity contribution in [1.82, 2.24) is 0 Å². The lowest BCUT2D eigenvalue weighted by Crippen LogP contribution is -2.31. The summed E-state index contributed by atoms with van der Waals surface area (Å²) >= 11 is 0. The standard InChI is InChI=1S/C46H34O7/c1-51-41-22-16-38(17-23-41)46(39-18-24-42(52-2)25-19-39,40-20-26-43(53-3)27-21-40)37-14-12-33(13-15-37)9-8-31-4-6-32(7-5-31)10-11-34-28-35(44(47)48)30-36(29-34)45(49)50/h4-7,12-30H,1-3H3,(H,47,48)(H,49,50). The molecule has 7 nitrogen and oxygen atoms in total. The first-order valence-corrected chi connectivity index (χ1v) is 16.5. The minimum absolute atomic E-state index is 0.138. The van der Waals surface area contributed by atoms with Crippen molar-refractivity contribution in [3.63, 3.8) is 0 Å². The molecule has 0 saturated heterocycles. The molecular formula is C46H34O7. The van der Waals surface area contributed by atoms with Crippen LogP contribution < -0.4 is 14.2 Å². The molecule has 6 aromatic rings. The third kappa shape index (κ3) is 7.76. The Balaban J connectivity index is 1.34. The third-order valence-corrected chi connectivity index (χ3v) is 8.90. The van der Waals surface area contributed by atoms with Gasteiger partial charge in [-0.2, -0.15) is 0 Å². The summed E-state index contributed by atoms with van der Waals surface area (Å²) in [5.41, 5.74) is 5.78. The van der Waals surface area contributed by atoms with Gasteiger partial charge in [-0.3, -0.25) is 0 Å². The molecular weight excluding hydrogens is 664 g/mol. The maximum Gasteiger partial charge on any atom is 0.335 e. The number of aromatic carboxylic acids is 2. The summed E-state index contributed by atoms with van der Waals surface area (Å²) in [7, 11) is 4.97. The molecule has 0 atom stereocenters. The van der Waals surface area contributed by atoms with E-state index in [2.05, 4.69) is 72.2 Å². The van der Waals surface area contributed by atoms with Crippen molar-refractivity contribution in [3.05, 3.63) is 195 Å². The van der Waals surface area contributed by atoms with Crippen LogP contribution in [-0.2, 0) is 5.41 Å². The van der Waals surface area contributed by atoms with Crippen molar-refractivity contribution < 1.29 is 34.0 Å². The van der Waals surface area contributed by atoms with Gasteiger partial charge < -0.3 is 24.4 Å². The monoisotopic (exact) mass is 698 g/mol. The summed E-state index contributed by atoms with van der Waals surface area (Å²) in [6.45, 7) is 0. The Bertz CT molecular complexity index is 2220. The van der Waals surface area contributed by atoms with E-state index < -0.39 is 17.4 Å². The highest BCUT2D eigenvalue weighted by Crippen LogP contribution is 2.46. The molecule has 0 saturated carbocycles. The van der Waals surface area contributed by atoms with Crippen molar-refractivity contribution in [3.8, 4) is 40.9 Å². The van der Waals surface area contributed by atoms with E-state index in [0.29, 0.717) is 11.1 Å². The first-order valence-electron chi connectivity index (χ1n) is 16.5. The van der Waals surface area contributed by atoms with Gasteiger partial charge in [-0.05, 0) is 113 Å². The fourth-order valence-electron chi connectivity index (χ4n) is 6.20. The van der Waals surface area contributed by atoms with Crippen molar-refractivity contribution >= 4 is 11.9 Å². The first kappa shape index (κ1) is 35.6. The zero-order valence-electron chi connectivity index (χ0n) is 29.2. The smallest absolute Gasteiger partial charge is 0.335 e. The van der Waals surface area contributed by atoms with E-state index in [1.165, 1.54) is 12.1 Å². The Morgan fingerprint density at radius 3 is 0.962 bits per heavy atom. The van der Waals surface area contributed by atoms with Gasteiger partial charge in [-0.1, -0.05) is 72.2 Å². The van der Waals surface area contributed by atoms with Crippen LogP contribution in [0.1, 0.15) is 65.2 Å². The number of carboxylic acid groups (broad SMARTS) is 2. The van der Waals surface area contributed by atoms with E-state index in [1.54, 1.807) is 21.3 Å². The highest BCUT2D eigenvalue weighted by Gasteiger charge is 2.38. The highest BCUT2D eigenvalue weighted by atomic mass is 16.5. The number of rotatable bonds is 9. The predicted octanol–water partition coefficient (Wildman–Crippen LogP) is 8.29. The van der Waals surface area contributed by atoms with E-state index in [9.17, 15) is 19.8 Å². The van der Waals surface area contributed by atoms with Gasteiger partial charge in [-0.15, -0.1) is 0 Å². The van der Waals surface area contributed by atoms with Gasteiger partial charge in [-0.25, -0.2) is 9.59 Å². The lowest BCUT2D eigenvalue weighted by Gasteiger charge is -2.37. The van der Waals surface area contributed by atoms with Crippen molar-refractivity contribution in [2.75, 3.05) is 21.3 Å². The molecule has 0 aromatic heterocycles. The maximum atomic E-state index is 11.4. The van der Waals surface area contributed by atoms with Crippen LogP contribution in [-0.4, -0.2) is 43.5 Å². The maximum absolute atomic E-state index is 11.4. The van der Waals surface area contributed by atoms with Gasteiger partial charge in [0.25, 0.3) is 0 Å². The number of ether oxygens (including phenoxy) is 3. The molecule has 2 N–H and O–H groups in total. The predicted molar refractivity (Wildman–Crippen MR) is 203 cm³/mol. The molecule has 0 heterocycles. The normalized spacial score (nSPS) is 10.5. The number of hydrogen-bond acceptors (Lipinski definition) is 5. The van der Waals surface area contributed by atoms with Crippen LogP contribution in [0, 0.1) is 23.7 Å². The number of hydrogen-bond donors (Lipinski definition) is 2. The van der Waals surface area contributed by atoms with E-state index in [1.807, 2.05) is 72.8 Å². The van der Waals surface area contributed by atoms with Crippen LogP contribution >= 0.6 is 0 Å². The van der Waals surface area contributed by atoms with Crippen molar-refractivity contribution in [1.29, 1.82) is 0 Å². The molecule has 53 heavy (non-hydrogen) atoms. The second-order valence-corrected chi connectivity index (χ2v) is 12.0. The van der Waals surface area contributed by atoms with Crippen LogP contribution in [0.15, 0.2) is 140 Å². The zero-order chi connectivity index (χ0) is 37.4. The Labute approximate surface area is 308 Å². The molecule has 6 rings (SSSR count). The van der Waals surface area contributed by atoms with Gasteiger partial charge in [0.05, 0.1) is 37.9 Å². The minimum Gasteiger partial charge on any atom is -0.497 e. The number of carboxylic acids is 2. The minimum atomic E-state index is -1.22. The zero-order valence-corrected chi connectivity index (χ0v) is 29.2. The molecule has 0 unspecified atom stereocenters. The summed E-state index contributed by atoms with van der Waals surface area (Å²) in [5.74, 6) is 12.2. The average Bonchev–Trinajstić information content (AvgIpc) is 3.21. The molecule has 0 aliphatic carbocycles. The SMILES string of the molecule is COc1ccc(C(c2ccc(C#Cc3ccc(C#Cc4cc(C(=O)O)cc(C(=O)O)c4)cc3)cc2)(c2ccc(OC)cc2)c2ccc(OC)cc2)cc1. The molecule has 6 aromatic carbocycles. The largest absolute Gasteiger partial charge is 0.497 e. The topological polar surface area (TPSA) is 102 Å². The van der Waals surface area contributed by atoms with Gasteiger partial charge in [0, 0.05) is 22.3 Å². The number of carbonyl (C=O) groups is 2. The van der Waals surface area contributed by atoms with E-state index >= 15 is 0 Å². The summed E-state index contributed by atoms with van der Waals surface area (Å²) in [4.78, 5) is 22.9. The quantitative estimate of drug-likeness (QED) is 0.116. The van der Waals surface area contributed by atoms with Crippen LogP contribution in [0.2, 0.25) is 0 Å². The lowest BCUT2D eigenvalue weighted by atomic mass is 9.65. The number of methoxy groups -OCH3 is 3. The van der Waals surface area contributed by atoms with E-state index in [0.717, 1.165) is 56.7 Å². The fraction of sp³-hybridized carbons (Fsp3) is 0.0870. The summed E-state index contributed by atoms with van der Waals surface area (Å²) < 4.78 is 16.5. The molecule has 7 heteroatoms. The Morgan fingerprint density at radius 2 is 0.679 bits per heavy atom. The molecule has 0 aliphatic heterocycles. The highest BCUT2D eigenvalue weighted by molar-refractivity contribution is 5.94. The Morgan fingerprint density at radius 1 is 0.415 bits per heavy atom. The average molecular weight is 699 g/mol. The van der Waals surface area contributed by atoms with E-state index in [-0.39, 0.29) is 11.1 Å². The summed E-state index contributed by atoms with van der Waals surface area (Å²) in [6, 6.07) is 43.8. The molecule has 260 valence electrons. The second-order valence-electron chi connectivity index (χ2n) is 12.0. The first-order chi connectivity index (χ1) is 25.7. The number of benzene rings is 6. The molecule has 0 amide bonds. The van der Waals surface area contributed by atoms with Crippen molar-refractivity contribution in [2.24, 2.45) is 0 Å². The van der Waals surface area contributed by atoms with Gasteiger partial charge in [0.1, 0.15) is 17.2 Å². The van der Waals surface area contributed by atoms with E-state index in [4.69, 9.17) is 14.2 Å². The Hall–Kier alpha value is -7.22. The second kappa shape index (κ2) is 15.8. The van der Waals surface area contributed by atoms with Crippen LogP contribution in [0.5, 0.6) is 17.2 Å². The molecule has 0 aliphatic rings. The third-order valence-electron chi connectivity index (χ3n) is 8.90. The van der Waals surface area contributed by atoms with Crippen molar-refractivity contribution in [2.45, 2.75) is 5.41 Å². The van der Waals surface area contributed by atoms with Gasteiger partial charge in [0.2, 0.25) is 0 Å². The van der Waals surface area contributed by atoms with Crippen LogP contribution in [0.4, 0.5) is 0 Å². The molecule has 0 fully saturated rings. The molecule has 0 radical (unpaired) electrons.